The van der Waals surface area contributed by atoms with E-state index >= 15 is 0 Å². The van der Waals surface area contributed by atoms with E-state index in [1.54, 1.807) is 0 Å². The molecule has 1 aromatic rings. The molecular weight excluding hydrogens is 194 g/mol. The van der Waals surface area contributed by atoms with E-state index in [1.165, 1.54) is 37.8 Å². The third kappa shape index (κ3) is 2.65. The maximum atomic E-state index is 5.83. The largest absolute Gasteiger partial charge is 0.382 e. The van der Waals surface area contributed by atoms with E-state index in [2.05, 4.69) is 17.4 Å². The second-order valence-corrected chi connectivity index (χ2v) is 4.42. The summed E-state index contributed by atoms with van der Waals surface area (Å²) in [6, 6.07) is 8.65. The van der Waals surface area contributed by atoms with Crippen LogP contribution >= 0.6 is 11.6 Å². The fourth-order valence-electron chi connectivity index (χ4n) is 2.03. The first-order chi connectivity index (χ1) is 6.84. The average molecular weight is 210 g/mol. The van der Waals surface area contributed by atoms with Gasteiger partial charge in [-0.15, -0.1) is 0 Å². The number of nitrogens with one attached hydrogen (secondary N) is 1. The molecule has 1 aliphatic carbocycles. The van der Waals surface area contributed by atoms with Gasteiger partial charge in [0.2, 0.25) is 0 Å². The smallest absolute Gasteiger partial charge is 0.0407 e. The molecule has 76 valence electrons. The lowest BCUT2D eigenvalue weighted by atomic mass is 9.95. The third-order valence-electron chi connectivity index (χ3n) is 2.82. The van der Waals surface area contributed by atoms with Crippen molar-refractivity contribution in [1.29, 1.82) is 0 Å². The van der Waals surface area contributed by atoms with E-state index in [1.807, 2.05) is 12.1 Å². The minimum Gasteiger partial charge on any atom is -0.382 e. The first-order valence-electron chi connectivity index (χ1n) is 5.37. The van der Waals surface area contributed by atoms with Gasteiger partial charge in [-0.1, -0.05) is 30.9 Å². The summed E-state index contributed by atoms with van der Waals surface area (Å²) < 4.78 is 0. The summed E-state index contributed by atoms with van der Waals surface area (Å²) in [4.78, 5) is 0. The highest BCUT2D eigenvalue weighted by atomic mass is 35.5. The van der Waals surface area contributed by atoms with E-state index in [9.17, 15) is 0 Å². The van der Waals surface area contributed by atoms with E-state index in [4.69, 9.17) is 11.6 Å². The molecule has 1 aliphatic rings. The highest BCUT2D eigenvalue weighted by Crippen LogP contribution is 2.22. The van der Waals surface area contributed by atoms with Gasteiger partial charge in [-0.25, -0.2) is 0 Å². The highest BCUT2D eigenvalue weighted by molar-refractivity contribution is 6.30. The lowest BCUT2D eigenvalue weighted by molar-refractivity contribution is 0.463. The Morgan fingerprint density at radius 1 is 1.00 bits per heavy atom. The van der Waals surface area contributed by atoms with Crippen LogP contribution in [0.1, 0.15) is 32.1 Å². The molecule has 1 fully saturated rings. The molecule has 1 saturated carbocycles. The zero-order chi connectivity index (χ0) is 9.80. The van der Waals surface area contributed by atoms with Gasteiger partial charge in [-0.3, -0.25) is 0 Å². The first-order valence-corrected chi connectivity index (χ1v) is 5.74. The van der Waals surface area contributed by atoms with Gasteiger partial charge in [0.15, 0.2) is 0 Å². The van der Waals surface area contributed by atoms with Gasteiger partial charge < -0.3 is 5.32 Å². The van der Waals surface area contributed by atoms with Crippen LogP contribution in [0.15, 0.2) is 24.3 Å². The van der Waals surface area contributed by atoms with Crippen LogP contribution in [0.5, 0.6) is 0 Å². The van der Waals surface area contributed by atoms with Crippen molar-refractivity contribution in [2.45, 2.75) is 38.1 Å². The van der Waals surface area contributed by atoms with Gasteiger partial charge in [-0.2, -0.15) is 0 Å². The molecule has 2 heteroatoms. The van der Waals surface area contributed by atoms with E-state index < -0.39 is 0 Å². The Labute approximate surface area is 90.5 Å². The summed E-state index contributed by atoms with van der Waals surface area (Å²) >= 11 is 5.83. The number of rotatable bonds is 2. The Balaban J connectivity index is 1.92. The fraction of sp³-hybridized carbons (Fsp3) is 0.500. The van der Waals surface area contributed by atoms with E-state index in [0.29, 0.717) is 6.04 Å². The second kappa shape index (κ2) is 4.70. The topological polar surface area (TPSA) is 12.0 Å². The number of halogens is 1. The SMILES string of the molecule is Clc1ccc(NC2CCCCC2)cc1. The lowest BCUT2D eigenvalue weighted by Gasteiger charge is -2.23. The van der Waals surface area contributed by atoms with Gasteiger partial charge in [0.1, 0.15) is 0 Å². The van der Waals surface area contributed by atoms with Crippen LogP contribution in [0.25, 0.3) is 0 Å². The highest BCUT2D eigenvalue weighted by Gasteiger charge is 2.12. The standard InChI is InChI=1S/C12H16ClN/c13-10-6-8-12(9-7-10)14-11-4-2-1-3-5-11/h6-9,11,14H,1-5H2. The summed E-state index contributed by atoms with van der Waals surface area (Å²) in [7, 11) is 0. The lowest BCUT2D eigenvalue weighted by Crippen LogP contribution is -2.21. The molecule has 14 heavy (non-hydrogen) atoms. The number of hydrogen-bond acceptors (Lipinski definition) is 1. The normalized spacial score (nSPS) is 18.1. The molecule has 0 saturated heterocycles. The minimum absolute atomic E-state index is 0.671. The van der Waals surface area contributed by atoms with Crippen LogP contribution in [-0.2, 0) is 0 Å². The summed E-state index contributed by atoms with van der Waals surface area (Å²) in [5.74, 6) is 0. The number of hydrogen-bond donors (Lipinski definition) is 1. The third-order valence-corrected chi connectivity index (χ3v) is 3.07. The Bertz CT molecular complexity index is 275. The Morgan fingerprint density at radius 3 is 2.29 bits per heavy atom. The summed E-state index contributed by atoms with van der Waals surface area (Å²) in [5, 5.41) is 4.35. The maximum absolute atomic E-state index is 5.83. The fourth-order valence-corrected chi connectivity index (χ4v) is 2.15. The van der Waals surface area contributed by atoms with Gasteiger partial charge >= 0.3 is 0 Å². The number of benzene rings is 1. The summed E-state index contributed by atoms with van der Waals surface area (Å²) in [5.41, 5.74) is 1.20. The predicted molar refractivity (Wildman–Crippen MR) is 61.9 cm³/mol. The summed E-state index contributed by atoms with van der Waals surface area (Å²) in [6.45, 7) is 0. The molecule has 0 bridgehead atoms. The van der Waals surface area contributed by atoms with Crippen LogP contribution in [0, 0.1) is 0 Å². The Kier molecular flexibility index (Phi) is 3.30. The molecule has 1 aromatic carbocycles. The van der Waals surface area contributed by atoms with Crippen LogP contribution < -0.4 is 5.32 Å². The van der Waals surface area contributed by atoms with Crippen molar-refractivity contribution in [2.75, 3.05) is 5.32 Å². The van der Waals surface area contributed by atoms with Gasteiger partial charge in [0.25, 0.3) is 0 Å². The Morgan fingerprint density at radius 2 is 1.64 bits per heavy atom. The van der Waals surface area contributed by atoms with E-state index in [-0.39, 0.29) is 0 Å². The predicted octanol–water partition coefficient (Wildman–Crippen LogP) is 4.08. The van der Waals surface area contributed by atoms with Crippen molar-refractivity contribution < 1.29 is 0 Å². The molecule has 0 aliphatic heterocycles. The van der Waals surface area contributed by atoms with Crippen molar-refractivity contribution in [2.24, 2.45) is 0 Å². The maximum Gasteiger partial charge on any atom is 0.0407 e. The molecule has 0 unspecified atom stereocenters. The molecule has 0 heterocycles. The van der Waals surface area contributed by atoms with Crippen LogP contribution in [-0.4, -0.2) is 6.04 Å². The van der Waals surface area contributed by atoms with Crippen LogP contribution in [0.2, 0.25) is 5.02 Å². The quantitative estimate of drug-likeness (QED) is 0.774. The van der Waals surface area contributed by atoms with Crippen LogP contribution in [0.4, 0.5) is 5.69 Å². The van der Waals surface area contributed by atoms with Gasteiger partial charge in [-0.05, 0) is 37.1 Å². The van der Waals surface area contributed by atoms with E-state index in [0.717, 1.165) is 5.02 Å². The molecule has 0 spiro atoms. The van der Waals surface area contributed by atoms with Crippen LogP contribution in [0.3, 0.4) is 0 Å². The first kappa shape index (κ1) is 9.85. The second-order valence-electron chi connectivity index (χ2n) is 3.99. The van der Waals surface area contributed by atoms with Crippen molar-refractivity contribution in [3.8, 4) is 0 Å². The molecule has 1 nitrogen and oxygen atoms in total. The monoisotopic (exact) mass is 209 g/mol. The van der Waals surface area contributed by atoms with Gasteiger partial charge in [0, 0.05) is 16.8 Å². The summed E-state index contributed by atoms with van der Waals surface area (Å²) in [6.07, 6.45) is 6.75. The Hall–Kier alpha value is -0.690. The molecular formula is C12H16ClN. The van der Waals surface area contributed by atoms with Crippen molar-refractivity contribution >= 4 is 17.3 Å². The van der Waals surface area contributed by atoms with Gasteiger partial charge in [0.05, 0.1) is 0 Å². The zero-order valence-corrected chi connectivity index (χ0v) is 9.06. The van der Waals surface area contributed by atoms with Crippen molar-refractivity contribution in [3.05, 3.63) is 29.3 Å². The molecule has 1 N–H and O–H groups in total. The minimum atomic E-state index is 0.671. The molecule has 0 aromatic heterocycles. The molecule has 0 amide bonds. The number of anilines is 1. The molecule has 0 radical (unpaired) electrons. The molecule has 0 atom stereocenters. The zero-order valence-electron chi connectivity index (χ0n) is 8.30. The average Bonchev–Trinajstić information content (AvgIpc) is 2.23. The van der Waals surface area contributed by atoms with Crippen molar-refractivity contribution in [1.82, 2.24) is 0 Å². The van der Waals surface area contributed by atoms with Crippen molar-refractivity contribution in [3.63, 3.8) is 0 Å². The molecule has 2 rings (SSSR count).